The quantitative estimate of drug-likeness (QED) is 0.711. The average molecular weight is 319 g/mol. The summed E-state index contributed by atoms with van der Waals surface area (Å²) in [4.78, 5) is 14.7. The van der Waals surface area contributed by atoms with Crippen molar-refractivity contribution in [2.75, 3.05) is 13.1 Å². The number of hydrogen-bond donors (Lipinski definition) is 0. The fourth-order valence-corrected chi connectivity index (χ4v) is 3.59. The molecule has 1 aliphatic heterocycles. The minimum absolute atomic E-state index is 0.0226. The van der Waals surface area contributed by atoms with E-state index >= 15 is 0 Å². The summed E-state index contributed by atoms with van der Waals surface area (Å²) in [5.41, 5.74) is 1.39. The van der Waals surface area contributed by atoms with Gasteiger partial charge in [0.15, 0.2) is 5.76 Å². The van der Waals surface area contributed by atoms with E-state index < -0.39 is 0 Å². The molecule has 1 saturated heterocycles. The van der Waals surface area contributed by atoms with Gasteiger partial charge in [-0.1, -0.05) is 54.6 Å². The molecule has 3 nitrogen and oxygen atoms in total. The van der Waals surface area contributed by atoms with Crippen molar-refractivity contribution < 1.29 is 9.21 Å². The molecule has 3 aromatic rings. The summed E-state index contributed by atoms with van der Waals surface area (Å²) < 4.78 is 5.56. The maximum Gasteiger partial charge on any atom is 0.290 e. The molecule has 0 aliphatic carbocycles. The second-order valence-electron chi connectivity index (χ2n) is 6.58. The smallest absolute Gasteiger partial charge is 0.290 e. The van der Waals surface area contributed by atoms with E-state index in [1.165, 1.54) is 5.56 Å². The molecule has 0 unspecified atom stereocenters. The van der Waals surface area contributed by atoms with Gasteiger partial charge in [0.1, 0.15) is 0 Å². The molecule has 24 heavy (non-hydrogen) atoms. The summed E-state index contributed by atoms with van der Waals surface area (Å²) in [7, 11) is 0. The van der Waals surface area contributed by atoms with E-state index in [4.69, 9.17) is 4.42 Å². The molecule has 1 aromatic heterocycles. The second kappa shape index (κ2) is 6.52. The van der Waals surface area contributed by atoms with Crippen LogP contribution in [0.15, 0.2) is 65.3 Å². The number of nitrogens with zero attached hydrogens (tertiary/aromatic N) is 1. The lowest BCUT2D eigenvalue weighted by molar-refractivity contribution is 0.0661. The van der Waals surface area contributed by atoms with Crippen LogP contribution in [-0.4, -0.2) is 23.9 Å². The third-order valence-corrected chi connectivity index (χ3v) is 4.97. The highest BCUT2D eigenvalue weighted by Crippen LogP contribution is 2.26. The van der Waals surface area contributed by atoms with Crippen molar-refractivity contribution in [3.63, 3.8) is 0 Å². The second-order valence-corrected chi connectivity index (χ2v) is 6.58. The van der Waals surface area contributed by atoms with Gasteiger partial charge in [0.05, 0.1) is 6.26 Å². The summed E-state index contributed by atoms with van der Waals surface area (Å²) in [6, 6.07) is 18.4. The van der Waals surface area contributed by atoms with Gasteiger partial charge in [-0.25, -0.2) is 0 Å². The molecule has 1 fully saturated rings. The first-order chi connectivity index (χ1) is 11.8. The van der Waals surface area contributed by atoms with Crippen molar-refractivity contribution in [2.24, 2.45) is 5.92 Å². The van der Waals surface area contributed by atoms with Crippen molar-refractivity contribution in [2.45, 2.75) is 19.3 Å². The Morgan fingerprint density at radius 3 is 2.50 bits per heavy atom. The molecular formula is C21H21NO2. The predicted molar refractivity (Wildman–Crippen MR) is 95.0 cm³/mol. The monoisotopic (exact) mass is 319 g/mol. The molecule has 0 atom stereocenters. The van der Waals surface area contributed by atoms with Crippen LogP contribution in [0.25, 0.3) is 10.8 Å². The van der Waals surface area contributed by atoms with Crippen LogP contribution in [0.1, 0.15) is 29.0 Å². The molecule has 0 saturated carbocycles. The lowest BCUT2D eigenvalue weighted by atomic mass is 9.90. The first-order valence-corrected chi connectivity index (χ1v) is 8.61. The van der Waals surface area contributed by atoms with Gasteiger partial charge in [0, 0.05) is 23.9 Å². The van der Waals surface area contributed by atoms with Gasteiger partial charge in [-0.3, -0.25) is 4.79 Å². The number of likely N-dealkylation sites (tertiary alicyclic amines) is 1. The van der Waals surface area contributed by atoms with Crippen LogP contribution in [-0.2, 0) is 6.42 Å². The Morgan fingerprint density at radius 2 is 1.71 bits per heavy atom. The molecule has 0 N–H and O–H groups in total. The normalized spacial score (nSPS) is 15.8. The summed E-state index contributed by atoms with van der Waals surface area (Å²) >= 11 is 0. The Hall–Kier alpha value is -2.55. The zero-order chi connectivity index (χ0) is 16.4. The molecule has 2 heterocycles. The molecule has 3 heteroatoms. The molecule has 1 aliphatic rings. The van der Waals surface area contributed by atoms with E-state index in [1.807, 2.05) is 29.2 Å². The fourth-order valence-electron chi connectivity index (χ4n) is 3.59. The van der Waals surface area contributed by atoms with Crippen molar-refractivity contribution in [3.8, 4) is 0 Å². The van der Waals surface area contributed by atoms with Gasteiger partial charge in [-0.2, -0.15) is 0 Å². The van der Waals surface area contributed by atoms with Crippen LogP contribution in [0.5, 0.6) is 0 Å². The topological polar surface area (TPSA) is 33.5 Å². The van der Waals surface area contributed by atoms with E-state index in [2.05, 4.69) is 30.3 Å². The summed E-state index contributed by atoms with van der Waals surface area (Å²) in [6.07, 6.45) is 4.88. The standard InChI is InChI=1S/C21H21NO2/c23-21(20-19-9-5-4-8-18(19)15-24-20)22-12-10-17(11-13-22)14-16-6-2-1-3-7-16/h1-9,15,17H,10-14H2. The first kappa shape index (κ1) is 15.0. The van der Waals surface area contributed by atoms with Crippen molar-refractivity contribution in [1.29, 1.82) is 0 Å². The third-order valence-electron chi connectivity index (χ3n) is 4.97. The highest BCUT2D eigenvalue weighted by molar-refractivity contribution is 6.04. The van der Waals surface area contributed by atoms with Crippen LogP contribution < -0.4 is 0 Å². The lowest BCUT2D eigenvalue weighted by Gasteiger charge is -2.31. The Morgan fingerprint density at radius 1 is 1.00 bits per heavy atom. The van der Waals surface area contributed by atoms with Gasteiger partial charge in [-0.05, 0) is 30.7 Å². The number of carbonyl (C=O) groups is 1. The summed E-state index contributed by atoms with van der Waals surface area (Å²) in [5, 5.41) is 1.90. The van der Waals surface area contributed by atoms with Gasteiger partial charge in [-0.15, -0.1) is 0 Å². The van der Waals surface area contributed by atoms with Gasteiger partial charge in [0.25, 0.3) is 5.91 Å². The molecule has 0 spiro atoms. The molecule has 4 rings (SSSR count). The number of piperidine rings is 1. The molecular weight excluding hydrogens is 298 g/mol. The highest BCUT2D eigenvalue weighted by Gasteiger charge is 2.26. The minimum Gasteiger partial charge on any atom is -0.458 e. The molecule has 0 radical (unpaired) electrons. The molecule has 2 aromatic carbocycles. The Labute approximate surface area is 141 Å². The zero-order valence-corrected chi connectivity index (χ0v) is 13.7. The van der Waals surface area contributed by atoms with Crippen LogP contribution in [0, 0.1) is 5.92 Å². The zero-order valence-electron chi connectivity index (χ0n) is 13.7. The number of amides is 1. The first-order valence-electron chi connectivity index (χ1n) is 8.61. The van der Waals surface area contributed by atoms with Crippen molar-refractivity contribution >= 4 is 16.7 Å². The Bertz CT molecular complexity index is 829. The highest BCUT2D eigenvalue weighted by atomic mass is 16.3. The average Bonchev–Trinajstić information content (AvgIpc) is 3.07. The van der Waals surface area contributed by atoms with Gasteiger partial charge >= 0.3 is 0 Å². The summed E-state index contributed by atoms with van der Waals surface area (Å²) in [6.45, 7) is 1.62. The van der Waals surface area contributed by atoms with Crippen molar-refractivity contribution in [1.82, 2.24) is 4.90 Å². The van der Waals surface area contributed by atoms with Crippen LogP contribution in [0.4, 0.5) is 0 Å². The van der Waals surface area contributed by atoms with Gasteiger partial charge < -0.3 is 9.32 Å². The molecule has 1 amide bonds. The van der Waals surface area contributed by atoms with E-state index in [0.29, 0.717) is 11.7 Å². The van der Waals surface area contributed by atoms with E-state index in [9.17, 15) is 4.79 Å². The van der Waals surface area contributed by atoms with E-state index in [0.717, 1.165) is 43.1 Å². The number of benzene rings is 2. The minimum atomic E-state index is 0.0226. The lowest BCUT2D eigenvalue weighted by Crippen LogP contribution is -2.38. The van der Waals surface area contributed by atoms with E-state index in [1.54, 1.807) is 6.26 Å². The number of furan rings is 1. The maximum absolute atomic E-state index is 12.8. The molecule has 0 bridgehead atoms. The van der Waals surface area contributed by atoms with E-state index in [-0.39, 0.29) is 5.91 Å². The SMILES string of the molecule is O=C(c1occ2ccccc12)N1CCC(Cc2ccccc2)CC1. The van der Waals surface area contributed by atoms with Crippen molar-refractivity contribution in [3.05, 3.63) is 72.2 Å². The summed E-state index contributed by atoms with van der Waals surface area (Å²) in [5.74, 6) is 1.16. The van der Waals surface area contributed by atoms with Crippen LogP contribution in [0.2, 0.25) is 0 Å². The van der Waals surface area contributed by atoms with Crippen LogP contribution >= 0.6 is 0 Å². The third kappa shape index (κ3) is 2.94. The number of rotatable bonds is 3. The number of fused-ring (bicyclic) bond motifs is 1. The van der Waals surface area contributed by atoms with Gasteiger partial charge in [0.2, 0.25) is 0 Å². The Balaban J connectivity index is 1.41. The fraction of sp³-hybridized carbons (Fsp3) is 0.286. The molecule has 122 valence electrons. The maximum atomic E-state index is 12.8. The predicted octanol–water partition coefficient (Wildman–Crippen LogP) is 4.53. The Kier molecular flexibility index (Phi) is 4.08. The number of carbonyl (C=O) groups excluding carboxylic acids is 1. The largest absolute Gasteiger partial charge is 0.458 e. The van der Waals surface area contributed by atoms with Crippen LogP contribution in [0.3, 0.4) is 0 Å². The number of hydrogen-bond acceptors (Lipinski definition) is 2.